The van der Waals surface area contributed by atoms with Crippen molar-refractivity contribution in [3.63, 3.8) is 0 Å². The number of rotatable bonds is 8. The van der Waals surface area contributed by atoms with E-state index in [9.17, 15) is 4.79 Å². The van der Waals surface area contributed by atoms with Gasteiger partial charge in [-0.15, -0.1) is 15.3 Å². The molecule has 5 aromatic rings. The quantitative estimate of drug-likeness (QED) is 0.339. The second kappa shape index (κ2) is 9.94. The fraction of sp³-hybridized carbons (Fsp3) is 0.308. The van der Waals surface area contributed by atoms with E-state index in [4.69, 9.17) is 14.0 Å². The lowest BCUT2D eigenvalue weighted by Gasteiger charge is -2.12. The van der Waals surface area contributed by atoms with Gasteiger partial charge in [-0.25, -0.2) is 0 Å². The number of hydrogen-bond donors (Lipinski definition) is 1. The monoisotopic (exact) mass is 499 g/mol. The highest BCUT2D eigenvalue weighted by Crippen LogP contribution is 2.29. The van der Waals surface area contributed by atoms with Gasteiger partial charge in [0.2, 0.25) is 11.7 Å². The van der Waals surface area contributed by atoms with E-state index in [-0.39, 0.29) is 18.6 Å². The van der Waals surface area contributed by atoms with E-state index in [1.165, 1.54) is 0 Å². The maximum atomic E-state index is 12.5. The van der Waals surface area contributed by atoms with Gasteiger partial charge in [0, 0.05) is 36.2 Å². The van der Waals surface area contributed by atoms with E-state index in [1.54, 1.807) is 36.0 Å². The van der Waals surface area contributed by atoms with Crippen molar-refractivity contribution in [2.45, 2.75) is 44.9 Å². The molecule has 1 aliphatic carbocycles. The van der Waals surface area contributed by atoms with Gasteiger partial charge in [-0.3, -0.25) is 9.78 Å². The van der Waals surface area contributed by atoms with Gasteiger partial charge in [0.05, 0.1) is 11.3 Å². The Morgan fingerprint density at radius 1 is 1.11 bits per heavy atom. The van der Waals surface area contributed by atoms with Crippen LogP contribution in [-0.2, 0) is 18.0 Å². The number of aromatic nitrogens is 6. The summed E-state index contributed by atoms with van der Waals surface area (Å²) in [7, 11) is 1.58. The zero-order valence-corrected chi connectivity index (χ0v) is 20.3. The molecule has 0 saturated heterocycles. The van der Waals surface area contributed by atoms with E-state index >= 15 is 0 Å². The summed E-state index contributed by atoms with van der Waals surface area (Å²) in [6.07, 6.45) is 5.99. The molecule has 0 radical (unpaired) electrons. The van der Waals surface area contributed by atoms with Crippen molar-refractivity contribution in [1.29, 1.82) is 0 Å². The predicted octanol–water partition coefficient (Wildman–Crippen LogP) is 3.73. The zero-order chi connectivity index (χ0) is 25.2. The summed E-state index contributed by atoms with van der Waals surface area (Å²) in [5.74, 6) is 1.30. The molecule has 0 bridgehead atoms. The molecule has 1 amide bonds. The third-order valence-corrected chi connectivity index (χ3v) is 6.44. The van der Waals surface area contributed by atoms with Crippen molar-refractivity contribution < 1.29 is 18.8 Å². The Balaban J connectivity index is 1.25. The van der Waals surface area contributed by atoms with Crippen LogP contribution in [-0.4, -0.2) is 49.0 Å². The molecular weight excluding hydrogens is 474 g/mol. The average molecular weight is 500 g/mol. The molecule has 37 heavy (non-hydrogen) atoms. The van der Waals surface area contributed by atoms with E-state index in [2.05, 4.69) is 30.8 Å². The normalized spacial score (nSPS) is 14.0. The van der Waals surface area contributed by atoms with Crippen LogP contribution < -0.4 is 10.1 Å². The molecule has 4 aromatic heterocycles. The predicted molar refractivity (Wildman–Crippen MR) is 133 cm³/mol. The van der Waals surface area contributed by atoms with Crippen LogP contribution in [0.2, 0.25) is 0 Å². The minimum Gasteiger partial charge on any atom is -0.470 e. The number of benzene rings is 1. The Hall–Kier alpha value is -4.38. The second-order valence-corrected chi connectivity index (χ2v) is 9.00. The summed E-state index contributed by atoms with van der Waals surface area (Å²) in [5.41, 5.74) is 2.27. The van der Waals surface area contributed by atoms with Crippen LogP contribution in [0, 0.1) is 0 Å². The summed E-state index contributed by atoms with van der Waals surface area (Å²) in [6.45, 7) is 0.467. The standard InChI is InChI=1S/C26H25N7O4/c1-35-15-19-12-22(32-37-19)24-30-29-23-20-8-4-5-9-21(20)26(31-33(23)24)36-14-18-11-10-16(13-27-18)25(34)28-17-6-2-3-7-17/h4-5,8-13,17H,2-3,6-7,14-15H2,1H3,(H,28,34). The highest BCUT2D eigenvalue weighted by molar-refractivity contribution is 5.97. The molecule has 1 N–H and O–H groups in total. The van der Waals surface area contributed by atoms with E-state index in [0.29, 0.717) is 46.7 Å². The lowest BCUT2D eigenvalue weighted by atomic mass is 10.2. The summed E-state index contributed by atoms with van der Waals surface area (Å²) in [4.78, 5) is 16.9. The summed E-state index contributed by atoms with van der Waals surface area (Å²) < 4.78 is 18.1. The average Bonchev–Trinajstić information content (AvgIpc) is 3.69. The number of methoxy groups -OCH3 is 1. The molecule has 0 atom stereocenters. The third kappa shape index (κ3) is 4.60. The van der Waals surface area contributed by atoms with Crippen LogP contribution in [0.4, 0.5) is 0 Å². The fourth-order valence-electron chi connectivity index (χ4n) is 4.57. The molecule has 11 heteroatoms. The van der Waals surface area contributed by atoms with E-state index in [0.717, 1.165) is 36.5 Å². The number of pyridine rings is 1. The van der Waals surface area contributed by atoms with Gasteiger partial charge in [0.1, 0.15) is 13.2 Å². The number of nitrogens with zero attached hydrogens (tertiary/aromatic N) is 6. The largest absolute Gasteiger partial charge is 0.470 e. The van der Waals surface area contributed by atoms with Crippen LogP contribution in [0.3, 0.4) is 0 Å². The number of ether oxygens (including phenoxy) is 2. The highest BCUT2D eigenvalue weighted by Gasteiger charge is 2.20. The lowest BCUT2D eigenvalue weighted by molar-refractivity contribution is 0.0937. The van der Waals surface area contributed by atoms with E-state index in [1.807, 2.05) is 24.3 Å². The number of nitrogens with one attached hydrogen (secondary N) is 1. The van der Waals surface area contributed by atoms with Crippen molar-refractivity contribution >= 4 is 22.3 Å². The molecule has 1 aliphatic rings. The van der Waals surface area contributed by atoms with Crippen molar-refractivity contribution in [2.75, 3.05) is 7.11 Å². The molecule has 6 rings (SSSR count). The lowest BCUT2D eigenvalue weighted by Crippen LogP contribution is -2.32. The summed E-state index contributed by atoms with van der Waals surface area (Å²) >= 11 is 0. The minimum atomic E-state index is -0.0911. The Morgan fingerprint density at radius 2 is 1.95 bits per heavy atom. The van der Waals surface area contributed by atoms with Gasteiger partial charge in [0.15, 0.2) is 17.1 Å². The maximum Gasteiger partial charge on any atom is 0.253 e. The van der Waals surface area contributed by atoms with E-state index < -0.39 is 0 Å². The molecule has 4 heterocycles. The van der Waals surface area contributed by atoms with Crippen LogP contribution in [0.25, 0.3) is 27.9 Å². The number of carbonyl (C=O) groups excluding carboxylic acids is 1. The maximum absolute atomic E-state index is 12.5. The van der Waals surface area contributed by atoms with Gasteiger partial charge >= 0.3 is 0 Å². The van der Waals surface area contributed by atoms with Crippen molar-refractivity contribution in [3.05, 3.63) is 65.7 Å². The molecule has 0 aliphatic heterocycles. The Morgan fingerprint density at radius 3 is 2.73 bits per heavy atom. The molecule has 1 fully saturated rings. The molecule has 1 aromatic carbocycles. The SMILES string of the molecule is COCc1cc(-c2nnc3c4ccccc4c(OCc4ccc(C(=O)NC5CCCC5)cn4)nn23)no1. The molecule has 188 valence electrons. The smallest absolute Gasteiger partial charge is 0.253 e. The highest BCUT2D eigenvalue weighted by atomic mass is 16.5. The first-order valence-corrected chi connectivity index (χ1v) is 12.2. The molecule has 0 unspecified atom stereocenters. The number of fused-ring (bicyclic) bond motifs is 3. The molecule has 0 spiro atoms. The Labute approximate surface area is 211 Å². The van der Waals surface area contributed by atoms with Gasteiger partial charge < -0.3 is 19.3 Å². The minimum absolute atomic E-state index is 0.0911. The summed E-state index contributed by atoms with van der Waals surface area (Å²) in [6, 6.07) is 13.3. The number of hydrogen-bond acceptors (Lipinski definition) is 9. The van der Waals surface area contributed by atoms with Crippen molar-refractivity contribution in [1.82, 2.24) is 35.3 Å². The van der Waals surface area contributed by atoms with Gasteiger partial charge in [-0.1, -0.05) is 36.2 Å². The first kappa shape index (κ1) is 23.0. The molecule has 1 saturated carbocycles. The first-order chi connectivity index (χ1) is 18.2. The molecular formula is C26H25N7O4. The van der Waals surface area contributed by atoms with Gasteiger partial charge in [-0.05, 0) is 31.0 Å². The summed E-state index contributed by atoms with van der Waals surface area (Å²) in [5, 5.41) is 22.1. The topological polar surface area (TPSA) is 130 Å². The van der Waals surface area contributed by atoms with Crippen molar-refractivity contribution in [2.24, 2.45) is 0 Å². The van der Waals surface area contributed by atoms with Crippen LogP contribution in [0.5, 0.6) is 5.88 Å². The van der Waals surface area contributed by atoms with Gasteiger partial charge in [-0.2, -0.15) is 4.52 Å². The van der Waals surface area contributed by atoms with Gasteiger partial charge in [0.25, 0.3) is 5.91 Å². The van der Waals surface area contributed by atoms with Crippen LogP contribution in [0.15, 0.2) is 53.2 Å². The van der Waals surface area contributed by atoms with Crippen LogP contribution in [0.1, 0.15) is 47.5 Å². The number of carbonyl (C=O) groups is 1. The molecule has 11 nitrogen and oxygen atoms in total. The number of amides is 1. The van der Waals surface area contributed by atoms with Crippen molar-refractivity contribution in [3.8, 4) is 17.4 Å². The fourth-order valence-corrected chi connectivity index (χ4v) is 4.57. The Kier molecular flexibility index (Phi) is 6.19. The first-order valence-electron chi connectivity index (χ1n) is 12.2. The second-order valence-electron chi connectivity index (χ2n) is 9.00. The zero-order valence-electron chi connectivity index (χ0n) is 20.3. The Bertz CT molecular complexity index is 1550. The van der Waals surface area contributed by atoms with Crippen LogP contribution >= 0.6 is 0 Å². The third-order valence-electron chi connectivity index (χ3n) is 6.44.